The highest BCUT2D eigenvalue weighted by Gasteiger charge is 1.94. The number of hydrogen-bond donors (Lipinski definition) is 0. The van der Waals surface area contributed by atoms with Crippen LogP contribution in [0.3, 0.4) is 0 Å². The van der Waals surface area contributed by atoms with E-state index in [0.717, 1.165) is 13.2 Å². The van der Waals surface area contributed by atoms with Crippen molar-refractivity contribution in [3.05, 3.63) is 0 Å². The second-order valence-electron chi connectivity index (χ2n) is 5.82. The summed E-state index contributed by atoms with van der Waals surface area (Å²) in [6.07, 6.45) is 2.56. The van der Waals surface area contributed by atoms with Crippen LogP contribution in [0.1, 0.15) is 12.8 Å². The SMILES string of the molecule is C1CCOC1.C[Si](C)C.C[Si](C)C.C[Si](C)C.[Al]. The zero-order valence-electron chi connectivity index (χ0n) is 14.3. The molecule has 0 bridgehead atoms. The molecule has 1 aliphatic heterocycles. The lowest BCUT2D eigenvalue weighted by Gasteiger charge is -1.76. The van der Waals surface area contributed by atoms with E-state index in [4.69, 9.17) is 4.74 Å². The highest BCUT2D eigenvalue weighted by atomic mass is 28.3. The van der Waals surface area contributed by atoms with Gasteiger partial charge in [0.05, 0.1) is 0 Å². The van der Waals surface area contributed by atoms with Gasteiger partial charge < -0.3 is 4.74 Å². The van der Waals surface area contributed by atoms with Gasteiger partial charge in [-0.3, -0.25) is 0 Å². The maximum absolute atomic E-state index is 4.94. The molecule has 1 rings (SSSR count). The first-order valence-corrected chi connectivity index (χ1v) is 15.6. The van der Waals surface area contributed by atoms with Gasteiger partial charge in [0.2, 0.25) is 0 Å². The van der Waals surface area contributed by atoms with Crippen LogP contribution in [0, 0.1) is 0 Å². The van der Waals surface area contributed by atoms with E-state index < -0.39 is 0 Å². The molecule has 1 aliphatic rings. The lowest BCUT2D eigenvalue weighted by Crippen LogP contribution is -1.84. The van der Waals surface area contributed by atoms with Crippen LogP contribution in [0.25, 0.3) is 0 Å². The molecular formula is C13H35AlOSi3. The summed E-state index contributed by atoms with van der Waals surface area (Å²) in [5, 5.41) is 0. The summed E-state index contributed by atoms with van der Waals surface area (Å²) in [4.78, 5) is 0. The molecule has 0 aromatic carbocycles. The van der Waals surface area contributed by atoms with Crippen molar-refractivity contribution in [3.63, 3.8) is 0 Å². The molecule has 0 aromatic heterocycles. The molecule has 1 heterocycles. The average Bonchev–Trinajstić information content (AvgIpc) is 2.53. The first kappa shape index (κ1) is 27.5. The lowest BCUT2D eigenvalue weighted by atomic mass is 10.4. The highest BCUT2D eigenvalue weighted by Crippen LogP contribution is 1.98. The molecule has 0 atom stereocenters. The Morgan fingerprint density at radius 1 is 0.556 bits per heavy atom. The summed E-state index contributed by atoms with van der Waals surface area (Å²) in [6.45, 7) is 22.4. The van der Waals surface area contributed by atoms with Crippen LogP contribution in [-0.2, 0) is 4.74 Å². The lowest BCUT2D eigenvalue weighted by molar-refractivity contribution is 0.198. The van der Waals surface area contributed by atoms with Gasteiger partial charge in [-0.1, -0.05) is 58.9 Å². The summed E-state index contributed by atoms with van der Waals surface area (Å²) in [5.74, 6) is 0. The molecule has 1 nitrogen and oxygen atoms in total. The molecule has 108 valence electrons. The fourth-order valence-corrected chi connectivity index (χ4v) is 0.510. The third-order valence-electron chi connectivity index (χ3n) is 0.827. The molecule has 6 radical (unpaired) electrons. The zero-order valence-corrected chi connectivity index (χ0v) is 18.5. The van der Waals surface area contributed by atoms with Gasteiger partial charge in [-0.05, 0) is 12.8 Å². The fourth-order valence-electron chi connectivity index (χ4n) is 0.510. The van der Waals surface area contributed by atoms with Crippen molar-refractivity contribution in [3.8, 4) is 0 Å². The second-order valence-corrected chi connectivity index (χ2v) is 14.8. The third-order valence-corrected chi connectivity index (χ3v) is 0.827. The Kier molecular flexibility index (Phi) is 35.5. The number of ether oxygens (including phenoxy) is 1. The van der Waals surface area contributed by atoms with Crippen LogP contribution in [0.15, 0.2) is 0 Å². The minimum Gasteiger partial charge on any atom is -0.381 e. The van der Waals surface area contributed by atoms with Crippen LogP contribution in [0.4, 0.5) is 0 Å². The molecule has 18 heavy (non-hydrogen) atoms. The van der Waals surface area contributed by atoms with Crippen LogP contribution < -0.4 is 0 Å². The van der Waals surface area contributed by atoms with E-state index in [1.165, 1.54) is 12.8 Å². The minimum atomic E-state index is 0. The van der Waals surface area contributed by atoms with Crippen LogP contribution >= 0.6 is 0 Å². The first-order chi connectivity index (χ1) is 7.70. The van der Waals surface area contributed by atoms with Crippen LogP contribution in [0.5, 0.6) is 0 Å². The van der Waals surface area contributed by atoms with Crippen molar-refractivity contribution in [2.75, 3.05) is 13.2 Å². The maximum Gasteiger partial charge on any atom is 0.0466 e. The van der Waals surface area contributed by atoms with Gasteiger partial charge >= 0.3 is 0 Å². The molecule has 0 saturated carbocycles. The molecule has 0 aromatic rings. The number of hydrogen-bond acceptors (Lipinski definition) is 1. The Morgan fingerprint density at radius 3 is 0.778 bits per heavy atom. The largest absolute Gasteiger partial charge is 0.381 e. The summed E-state index contributed by atoms with van der Waals surface area (Å²) in [7, 11) is 0.361. The molecule has 0 aliphatic carbocycles. The van der Waals surface area contributed by atoms with Crippen molar-refractivity contribution < 1.29 is 4.74 Å². The van der Waals surface area contributed by atoms with Gasteiger partial charge in [-0.2, -0.15) is 0 Å². The first-order valence-electron chi connectivity index (χ1n) is 6.58. The Morgan fingerprint density at radius 2 is 0.722 bits per heavy atom. The van der Waals surface area contributed by atoms with Gasteiger partial charge in [0.1, 0.15) is 0 Å². The predicted octanol–water partition coefficient (Wildman–Crippen LogP) is 4.53. The predicted molar refractivity (Wildman–Crippen MR) is 95.8 cm³/mol. The summed E-state index contributed by atoms with van der Waals surface area (Å²) in [6, 6.07) is 0. The van der Waals surface area contributed by atoms with E-state index in [1.807, 2.05) is 0 Å². The topological polar surface area (TPSA) is 9.23 Å². The summed E-state index contributed by atoms with van der Waals surface area (Å²) in [5.41, 5.74) is 0. The van der Waals surface area contributed by atoms with E-state index in [1.54, 1.807) is 0 Å². The Balaban J connectivity index is -0.0000000719. The van der Waals surface area contributed by atoms with Crippen LogP contribution in [0.2, 0.25) is 58.9 Å². The monoisotopic (exact) mass is 318 g/mol. The summed E-state index contributed by atoms with van der Waals surface area (Å²) >= 11 is 0. The third kappa shape index (κ3) is 118. The van der Waals surface area contributed by atoms with Crippen molar-refractivity contribution in [1.82, 2.24) is 0 Å². The van der Waals surface area contributed by atoms with E-state index >= 15 is 0 Å². The van der Waals surface area contributed by atoms with Crippen molar-refractivity contribution >= 4 is 43.8 Å². The Labute approximate surface area is 133 Å². The highest BCUT2D eigenvalue weighted by molar-refractivity contribution is 6.54. The second kappa shape index (κ2) is 23.3. The van der Waals surface area contributed by atoms with Crippen molar-refractivity contribution in [2.24, 2.45) is 0 Å². The molecule has 0 N–H and O–H groups in total. The van der Waals surface area contributed by atoms with Crippen LogP contribution in [-0.4, -0.2) is 57.0 Å². The fraction of sp³-hybridized carbons (Fsp3) is 1.00. The molecule has 1 saturated heterocycles. The molecule has 0 spiro atoms. The average molecular weight is 319 g/mol. The standard InChI is InChI=1S/C4H8O.3C3H9Si.Al/c1-2-4-5-3-1;3*1-4(2)3;/h1-4H2;3*1-3H3;. The normalized spacial score (nSPS) is 12.7. The summed E-state index contributed by atoms with van der Waals surface area (Å²) < 4.78 is 4.94. The van der Waals surface area contributed by atoms with Gasteiger partial charge in [0, 0.05) is 57.0 Å². The minimum absolute atomic E-state index is 0. The van der Waals surface area contributed by atoms with Gasteiger partial charge in [0.25, 0.3) is 0 Å². The van der Waals surface area contributed by atoms with Gasteiger partial charge in [-0.15, -0.1) is 0 Å². The van der Waals surface area contributed by atoms with Crippen molar-refractivity contribution in [2.45, 2.75) is 71.8 Å². The van der Waals surface area contributed by atoms with E-state index in [-0.39, 0.29) is 43.8 Å². The molecular weight excluding hydrogens is 283 g/mol. The van der Waals surface area contributed by atoms with E-state index in [2.05, 4.69) is 58.9 Å². The van der Waals surface area contributed by atoms with Gasteiger partial charge in [0.15, 0.2) is 0 Å². The van der Waals surface area contributed by atoms with E-state index in [9.17, 15) is 0 Å². The van der Waals surface area contributed by atoms with E-state index in [0.29, 0.717) is 0 Å². The molecule has 5 heteroatoms. The number of rotatable bonds is 0. The Hall–Kier alpha value is 1.14. The Bertz CT molecular complexity index is 88.7. The maximum atomic E-state index is 4.94. The zero-order chi connectivity index (χ0) is 14.3. The van der Waals surface area contributed by atoms with Crippen molar-refractivity contribution in [1.29, 1.82) is 0 Å². The van der Waals surface area contributed by atoms with Gasteiger partial charge in [-0.25, -0.2) is 0 Å². The smallest absolute Gasteiger partial charge is 0.0466 e. The quantitative estimate of drug-likeness (QED) is 0.596. The molecule has 0 amide bonds. The molecule has 0 unspecified atom stereocenters. The molecule has 1 fully saturated rings.